The summed E-state index contributed by atoms with van der Waals surface area (Å²) in [5.74, 6) is 19.8. The Hall–Kier alpha value is 0. The average Bonchev–Trinajstić information content (AvgIpc) is 3.40. The molecule has 0 radical (unpaired) electrons. The lowest BCUT2D eigenvalue weighted by molar-refractivity contribution is -0.302. The summed E-state index contributed by atoms with van der Waals surface area (Å²) < 4.78 is 0. The van der Waals surface area contributed by atoms with Gasteiger partial charge in [0.05, 0.1) is 0 Å². The van der Waals surface area contributed by atoms with Crippen molar-refractivity contribution in [1.82, 2.24) is 0 Å². The first-order valence-electron chi connectivity index (χ1n) is 21.1. The summed E-state index contributed by atoms with van der Waals surface area (Å²) in [6, 6.07) is 0. The molecule has 1 spiro atoms. The van der Waals surface area contributed by atoms with E-state index in [2.05, 4.69) is 69.2 Å². The largest absolute Gasteiger partial charge is 0.0654 e. The average molecular weight is 601 g/mol. The van der Waals surface area contributed by atoms with Crippen LogP contribution in [-0.4, -0.2) is 0 Å². The van der Waals surface area contributed by atoms with Crippen LogP contribution in [0.5, 0.6) is 0 Å². The van der Waals surface area contributed by atoms with Gasteiger partial charge < -0.3 is 0 Å². The summed E-state index contributed by atoms with van der Waals surface area (Å²) in [7, 11) is 0. The van der Waals surface area contributed by atoms with Gasteiger partial charge in [0.25, 0.3) is 0 Å². The van der Waals surface area contributed by atoms with Crippen molar-refractivity contribution >= 4 is 0 Å². The van der Waals surface area contributed by atoms with Crippen LogP contribution in [0.3, 0.4) is 0 Å². The molecule has 0 aliphatic heterocycles. The van der Waals surface area contributed by atoms with Crippen molar-refractivity contribution in [2.45, 2.75) is 140 Å². The summed E-state index contributed by atoms with van der Waals surface area (Å²) in [4.78, 5) is 0. The van der Waals surface area contributed by atoms with E-state index in [0.717, 1.165) is 118 Å². The monoisotopic (exact) mass is 601 g/mol. The van der Waals surface area contributed by atoms with E-state index in [-0.39, 0.29) is 0 Å². The highest BCUT2D eigenvalue weighted by molar-refractivity contribution is 5.28. The third-order valence-electron chi connectivity index (χ3n) is 21.4. The first-order valence-corrected chi connectivity index (χ1v) is 21.1. The summed E-state index contributed by atoms with van der Waals surface area (Å²) in [5, 5.41) is 0. The molecule has 9 aliphatic carbocycles. The molecule has 23 unspecified atom stereocenters. The van der Waals surface area contributed by atoms with Crippen LogP contribution in [0.25, 0.3) is 0 Å². The van der Waals surface area contributed by atoms with Crippen molar-refractivity contribution in [1.29, 1.82) is 0 Å². The zero-order chi connectivity index (χ0) is 30.8. The van der Waals surface area contributed by atoms with Gasteiger partial charge >= 0.3 is 0 Å². The molecule has 0 saturated heterocycles. The topological polar surface area (TPSA) is 0 Å². The Balaban J connectivity index is 1.43. The van der Waals surface area contributed by atoms with Gasteiger partial charge in [0.1, 0.15) is 0 Å². The minimum atomic E-state index is 0.565. The Kier molecular flexibility index (Phi) is 6.55. The van der Waals surface area contributed by atoms with Gasteiger partial charge in [0, 0.05) is 0 Å². The van der Waals surface area contributed by atoms with Gasteiger partial charge in [0.15, 0.2) is 0 Å². The molecule has 0 nitrogen and oxygen atoms in total. The van der Waals surface area contributed by atoms with Gasteiger partial charge in [-0.05, 0) is 180 Å². The highest BCUT2D eigenvalue weighted by Gasteiger charge is 2.81. The normalized spacial score (nSPS) is 67.8. The second-order valence-electron chi connectivity index (χ2n) is 20.6. The standard InChI is InChI=1S/C44H72/c1-11-19-42-24(5)22(3)35-36-23(4)25(6)43(20-12-2)27(8)29(10)44(28(9)26(42)7)21-34-32-18-17-31(39(32)42)30-15-13-14-16-33(40(34)44)41(43)38(36)37(30)35/h22-41H,11-21H2,1-10H3. The Morgan fingerprint density at radius 1 is 0.432 bits per heavy atom. The van der Waals surface area contributed by atoms with E-state index in [1.54, 1.807) is 44.9 Å². The first-order chi connectivity index (χ1) is 21.1. The first kappa shape index (κ1) is 30.1. The Labute approximate surface area is 273 Å². The van der Waals surface area contributed by atoms with E-state index >= 15 is 0 Å². The molecule has 0 aromatic rings. The fourth-order valence-electron chi connectivity index (χ4n) is 20.3. The van der Waals surface area contributed by atoms with Crippen molar-refractivity contribution in [2.75, 3.05) is 0 Å². The third-order valence-corrected chi connectivity index (χ3v) is 21.4. The molecule has 9 fully saturated rings. The van der Waals surface area contributed by atoms with Crippen LogP contribution in [0, 0.1) is 135 Å². The quantitative estimate of drug-likeness (QED) is 0.301. The Morgan fingerprint density at radius 2 is 0.932 bits per heavy atom. The van der Waals surface area contributed by atoms with Crippen molar-refractivity contribution in [3.8, 4) is 0 Å². The molecule has 0 amide bonds. The molecule has 9 saturated carbocycles. The van der Waals surface area contributed by atoms with E-state index in [4.69, 9.17) is 0 Å². The van der Waals surface area contributed by atoms with Gasteiger partial charge in [-0.1, -0.05) is 94.9 Å². The third kappa shape index (κ3) is 2.94. The van der Waals surface area contributed by atoms with Gasteiger partial charge in [-0.15, -0.1) is 0 Å². The second-order valence-corrected chi connectivity index (χ2v) is 20.6. The van der Waals surface area contributed by atoms with Crippen molar-refractivity contribution in [3.05, 3.63) is 0 Å². The van der Waals surface area contributed by atoms with Crippen molar-refractivity contribution in [2.24, 2.45) is 135 Å². The second kappa shape index (κ2) is 9.58. The minimum absolute atomic E-state index is 0.565. The van der Waals surface area contributed by atoms with Gasteiger partial charge in [0.2, 0.25) is 0 Å². The molecule has 0 N–H and O–H groups in total. The van der Waals surface area contributed by atoms with Crippen LogP contribution in [0.15, 0.2) is 0 Å². The van der Waals surface area contributed by atoms with Crippen LogP contribution >= 0.6 is 0 Å². The zero-order valence-corrected chi connectivity index (χ0v) is 30.8. The molecule has 9 aliphatic rings. The number of hydrogen-bond donors (Lipinski definition) is 0. The SMILES string of the molecule is CCCC12C(C)C(C)C3C4C(C)C(C)C5(CCC)C(C)C(C)C6(CC7C8CCC(C9CCCCC(C76)C5C4C93)C81)C(C)C2C. The van der Waals surface area contributed by atoms with Crippen molar-refractivity contribution in [3.63, 3.8) is 0 Å². The molecule has 23 atom stereocenters. The highest BCUT2D eigenvalue weighted by atomic mass is 14.8. The van der Waals surface area contributed by atoms with E-state index < -0.39 is 0 Å². The lowest BCUT2D eigenvalue weighted by Gasteiger charge is -2.77. The highest BCUT2D eigenvalue weighted by Crippen LogP contribution is 2.86. The number of rotatable bonds is 4. The maximum atomic E-state index is 2.92. The fraction of sp³-hybridized carbons (Fsp3) is 1.00. The predicted octanol–water partition coefficient (Wildman–Crippen LogP) is 11.9. The van der Waals surface area contributed by atoms with Gasteiger partial charge in [-0.2, -0.15) is 0 Å². The fourth-order valence-corrected chi connectivity index (χ4v) is 20.3. The lowest BCUT2D eigenvalue weighted by Crippen LogP contribution is -2.73. The molecule has 44 heavy (non-hydrogen) atoms. The van der Waals surface area contributed by atoms with Crippen molar-refractivity contribution < 1.29 is 0 Å². The molecule has 0 aromatic heterocycles. The molecular formula is C44H72. The summed E-state index contributed by atoms with van der Waals surface area (Å²) >= 11 is 0. The lowest BCUT2D eigenvalue weighted by atomic mass is 9.27. The van der Waals surface area contributed by atoms with Crippen LogP contribution in [0.4, 0.5) is 0 Å². The maximum absolute atomic E-state index is 2.92. The van der Waals surface area contributed by atoms with Crippen LogP contribution < -0.4 is 0 Å². The van der Waals surface area contributed by atoms with Gasteiger partial charge in [-0.3, -0.25) is 0 Å². The molecule has 0 aromatic carbocycles. The molecule has 248 valence electrons. The predicted molar refractivity (Wildman–Crippen MR) is 185 cm³/mol. The molecule has 10 bridgehead atoms. The van der Waals surface area contributed by atoms with Crippen LogP contribution in [0.1, 0.15) is 140 Å². The summed E-state index contributed by atoms with van der Waals surface area (Å²) in [6.45, 7) is 28.3. The van der Waals surface area contributed by atoms with E-state index in [1.807, 2.05) is 0 Å². The molecular weight excluding hydrogens is 528 g/mol. The summed E-state index contributed by atoms with van der Waals surface area (Å²) in [6.07, 6.45) is 17.1. The number of fused-ring (bicyclic) bond motifs is 1. The Morgan fingerprint density at radius 3 is 1.50 bits per heavy atom. The van der Waals surface area contributed by atoms with E-state index in [0.29, 0.717) is 16.2 Å². The summed E-state index contributed by atoms with van der Waals surface area (Å²) in [5.41, 5.74) is 1.74. The van der Waals surface area contributed by atoms with E-state index in [1.165, 1.54) is 25.7 Å². The smallest absolute Gasteiger partial charge is 0.0204 e. The molecule has 0 heterocycles. The van der Waals surface area contributed by atoms with Crippen LogP contribution in [-0.2, 0) is 0 Å². The maximum Gasteiger partial charge on any atom is -0.0204 e. The molecule has 9 rings (SSSR count). The van der Waals surface area contributed by atoms with Crippen LogP contribution in [0.2, 0.25) is 0 Å². The minimum Gasteiger partial charge on any atom is -0.0654 e. The van der Waals surface area contributed by atoms with Gasteiger partial charge in [-0.25, -0.2) is 0 Å². The van der Waals surface area contributed by atoms with E-state index in [9.17, 15) is 0 Å². The Bertz CT molecular complexity index is 1150. The number of hydrogen-bond acceptors (Lipinski definition) is 0. The molecule has 0 heteroatoms. The zero-order valence-electron chi connectivity index (χ0n) is 30.8.